The average molecular weight is 333 g/mol. The number of esters is 1. The van der Waals surface area contributed by atoms with Gasteiger partial charge in [0.25, 0.3) is 0 Å². The van der Waals surface area contributed by atoms with Crippen molar-refractivity contribution in [1.29, 1.82) is 0 Å². The van der Waals surface area contributed by atoms with Gasteiger partial charge in [-0.15, -0.1) is 0 Å². The Morgan fingerprint density at radius 3 is 1.88 bits per heavy atom. The van der Waals surface area contributed by atoms with Crippen molar-refractivity contribution in [3.8, 4) is 0 Å². The molecule has 1 aromatic carbocycles. The van der Waals surface area contributed by atoms with Crippen molar-refractivity contribution in [2.24, 2.45) is 0 Å². The SMILES string of the molecule is CCCCCCCCCCC(OC(C)=O)c1ccc(C(C)C)cc1. The Labute approximate surface area is 149 Å². The Bertz CT molecular complexity index is 448. The largest absolute Gasteiger partial charge is 0.458 e. The number of ether oxygens (including phenoxy) is 1. The van der Waals surface area contributed by atoms with Gasteiger partial charge in [-0.1, -0.05) is 90.0 Å². The van der Waals surface area contributed by atoms with Crippen LogP contribution in [0.1, 0.15) is 109 Å². The zero-order valence-electron chi connectivity index (χ0n) is 16.1. The van der Waals surface area contributed by atoms with E-state index in [9.17, 15) is 4.79 Å². The van der Waals surface area contributed by atoms with Crippen molar-refractivity contribution in [3.05, 3.63) is 35.4 Å². The lowest BCUT2D eigenvalue weighted by molar-refractivity contribution is -0.147. The number of hydrogen-bond donors (Lipinski definition) is 0. The Balaban J connectivity index is 2.41. The van der Waals surface area contributed by atoms with Crippen LogP contribution in [0.3, 0.4) is 0 Å². The Kier molecular flexibility index (Phi) is 10.5. The molecule has 0 heterocycles. The van der Waals surface area contributed by atoms with Gasteiger partial charge >= 0.3 is 5.97 Å². The molecule has 1 unspecified atom stereocenters. The van der Waals surface area contributed by atoms with Crippen LogP contribution in [0.4, 0.5) is 0 Å². The van der Waals surface area contributed by atoms with Gasteiger partial charge in [0.15, 0.2) is 0 Å². The molecule has 0 saturated carbocycles. The van der Waals surface area contributed by atoms with E-state index in [1.807, 2.05) is 0 Å². The number of unbranched alkanes of at least 4 members (excludes halogenated alkanes) is 7. The third-order valence-corrected chi connectivity index (χ3v) is 4.60. The molecule has 0 aliphatic carbocycles. The van der Waals surface area contributed by atoms with E-state index in [0.29, 0.717) is 5.92 Å². The topological polar surface area (TPSA) is 26.3 Å². The van der Waals surface area contributed by atoms with Crippen LogP contribution in [0, 0.1) is 0 Å². The summed E-state index contributed by atoms with van der Waals surface area (Å²) < 4.78 is 5.56. The first-order valence-corrected chi connectivity index (χ1v) is 9.81. The van der Waals surface area contributed by atoms with Gasteiger partial charge in [0.1, 0.15) is 6.10 Å². The van der Waals surface area contributed by atoms with E-state index in [4.69, 9.17) is 4.74 Å². The lowest BCUT2D eigenvalue weighted by Crippen LogP contribution is -2.09. The summed E-state index contributed by atoms with van der Waals surface area (Å²) in [6, 6.07) is 8.55. The van der Waals surface area contributed by atoms with Crippen molar-refractivity contribution < 1.29 is 9.53 Å². The maximum atomic E-state index is 11.4. The summed E-state index contributed by atoms with van der Waals surface area (Å²) in [5.74, 6) is 0.339. The quantitative estimate of drug-likeness (QED) is 0.306. The van der Waals surface area contributed by atoms with Gasteiger partial charge < -0.3 is 4.74 Å². The lowest BCUT2D eigenvalue weighted by atomic mass is 9.97. The zero-order valence-corrected chi connectivity index (χ0v) is 16.1. The monoisotopic (exact) mass is 332 g/mol. The molecule has 0 aliphatic rings. The van der Waals surface area contributed by atoms with Crippen LogP contribution < -0.4 is 0 Å². The van der Waals surface area contributed by atoms with Gasteiger partial charge in [-0.25, -0.2) is 0 Å². The number of benzene rings is 1. The zero-order chi connectivity index (χ0) is 17.8. The minimum absolute atomic E-state index is 0.0937. The predicted molar refractivity (Wildman–Crippen MR) is 102 cm³/mol. The van der Waals surface area contributed by atoms with Gasteiger partial charge in [-0.3, -0.25) is 4.79 Å². The minimum atomic E-state index is -0.187. The van der Waals surface area contributed by atoms with Crippen LogP contribution in [0.25, 0.3) is 0 Å². The molecule has 0 saturated heterocycles. The molecule has 0 aromatic heterocycles. The van der Waals surface area contributed by atoms with E-state index in [1.54, 1.807) is 0 Å². The van der Waals surface area contributed by atoms with Crippen LogP contribution >= 0.6 is 0 Å². The van der Waals surface area contributed by atoms with Crippen molar-refractivity contribution in [2.75, 3.05) is 0 Å². The summed E-state index contributed by atoms with van der Waals surface area (Å²) in [5.41, 5.74) is 2.45. The first-order chi connectivity index (χ1) is 11.5. The maximum absolute atomic E-state index is 11.4. The molecule has 136 valence electrons. The molecule has 24 heavy (non-hydrogen) atoms. The van der Waals surface area contributed by atoms with Crippen molar-refractivity contribution in [1.82, 2.24) is 0 Å². The molecule has 0 amide bonds. The van der Waals surface area contributed by atoms with Gasteiger partial charge in [-0.2, -0.15) is 0 Å². The summed E-state index contributed by atoms with van der Waals surface area (Å²) in [4.78, 5) is 11.4. The van der Waals surface area contributed by atoms with E-state index in [1.165, 1.54) is 57.4 Å². The molecule has 0 spiro atoms. The highest BCUT2D eigenvalue weighted by molar-refractivity contribution is 5.66. The van der Waals surface area contributed by atoms with E-state index >= 15 is 0 Å². The number of rotatable bonds is 12. The molecule has 0 radical (unpaired) electrons. The fraction of sp³-hybridized carbons (Fsp3) is 0.682. The van der Waals surface area contributed by atoms with Crippen molar-refractivity contribution in [2.45, 2.75) is 97.5 Å². The molecule has 2 heteroatoms. The molecule has 1 rings (SSSR count). The number of carbonyl (C=O) groups is 1. The predicted octanol–water partition coefficient (Wildman–Crippen LogP) is 6.95. The third kappa shape index (κ3) is 8.52. The van der Waals surface area contributed by atoms with Gasteiger partial charge in [0.2, 0.25) is 0 Å². The average Bonchev–Trinajstić information content (AvgIpc) is 2.56. The van der Waals surface area contributed by atoms with Crippen molar-refractivity contribution >= 4 is 5.97 Å². The van der Waals surface area contributed by atoms with E-state index < -0.39 is 0 Å². The van der Waals surface area contributed by atoms with Crippen LogP contribution in [-0.4, -0.2) is 5.97 Å². The van der Waals surface area contributed by atoms with Crippen molar-refractivity contribution in [3.63, 3.8) is 0 Å². The molecular formula is C22H36O2. The summed E-state index contributed by atoms with van der Waals surface area (Å²) in [5, 5.41) is 0. The Morgan fingerprint density at radius 2 is 1.38 bits per heavy atom. The first-order valence-electron chi connectivity index (χ1n) is 9.81. The Hall–Kier alpha value is -1.31. The fourth-order valence-corrected chi connectivity index (χ4v) is 3.05. The molecule has 1 atom stereocenters. The highest BCUT2D eigenvalue weighted by atomic mass is 16.5. The molecule has 2 nitrogen and oxygen atoms in total. The maximum Gasteiger partial charge on any atom is 0.303 e. The minimum Gasteiger partial charge on any atom is -0.458 e. The highest BCUT2D eigenvalue weighted by Crippen LogP contribution is 2.26. The number of hydrogen-bond acceptors (Lipinski definition) is 2. The van der Waals surface area contributed by atoms with E-state index in [-0.39, 0.29) is 12.1 Å². The number of carbonyl (C=O) groups excluding carboxylic acids is 1. The highest BCUT2D eigenvalue weighted by Gasteiger charge is 2.14. The van der Waals surface area contributed by atoms with E-state index in [0.717, 1.165) is 18.4 Å². The molecule has 0 fully saturated rings. The first kappa shape index (κ1) is 20.7. The molecule has 1 aromatic rings. The summed E-state index contributed by atoms with van der Waals surface area (Å²) >= 11 is 0. The van der Waals surface area contributed by atoms with Gasteiger partial charge in [0, 0.05) is 6.92 Å². The van der Waals surface area contributed by atoms with Gasteiger partial charge in [0.05, 0.1) is 0 Å². The lowest BCUT2D eigenvalue weighted by Gasteiger charge is -2.18. The summed E-state index contributed by atoms with van der Waals surface area (Å²) in [7, 11) is 0. The van der Waals surface area contributed by atoms with E-state index in [2.05, 4.69) is 45.0 Å². The second-order valence-electron chi connectivity index (χ2n) is 7.18. The molecule has 0 N–H and O–H groups in total. The second-order valence-corrected chi connectivity index (χ2v) is 7.18. The molecule has 0 bridgehead atoms. The van der Waals surface area contributed by atoms with Crippen LogP contribution in [0.2, 0.25) is 0 Å². The smallest absolute Gasteiger partial charge is 0.303 e. The molecule has 0 aliphatic heterocycles. The Morgan fingerprint density at radius 1 is 0.875 bits per heavy atom. The van der Waals surface area contributed by atoms with Crippen LogP contribution in [0.15, 0.2) is 24.3 Å². The summed E-state index contributed by atoms with van der Waals surface area (Å²) in [6.45, 7) is 8.14. The second kappa shape index (κ2) is 12.1. The summed E-state index contributed by atoms with van der Waals surface area (Å²) in [6.07, 6.45) is 11.2. The van der Waals surface area contributed by atoms with Crippen LogP contribution in [-0.2, 0) is 9.53 Å². The molecular weight excluding hydrogens is 296 g/mol. The van der Waals surface area contributed by atoms with Crippen LogP contribution in [0.5, 0.6) is 0 Å². The third-order valence-electron chi connectivity index (χ3n) is 4.60. The normalized spacial score (nSPS) is 12.4. The standard InChI is InChI=1S/C22H36O2/c1-5-6-7-8-9-10-11-12-13-22(24-19(4)23)21-16-14-20(15-17-21)18(2)3/h14-18,22H,5-13H2,1-4H3. The fourth-order valence-electron chi connectivity index (χ4n) is 3.05. The van der Waals surface area contributed by atoms with Gasteiger partial charge in [-0.05, 0) is 29.9 Å².